The van der Waals surface area contributed by atoms with Crippen LogP contribution in [0.4, 0.5) is 5.69 Å². The van der Waals surface area contributed by atoms with Gasteiger partial charge in [-0.25, -0.2) is 0 Å². The number of hydrogen-bond donors (Lipinski definition) is 0. The highest BCUT2D eigenvalue weighted by molar-refractivity contribution is 14.1. The van der Waals surface area contributed by atoms with E-state index >= 15 is 0 Å². The van der Waals surface area contributed by atoms with Crippen LogP contribution in [-0.4, -0.2) is 46.4 Å². The molecule has 0 bridgehead atoms. The maximum absolute atomic E-state index is 12.6. The average Bonchev–Trinajstić information content (AvgIpc) is 2.95. The molecule has 0 aliphatic carbocycles. The first kappa shape index (κ1) is 22.9. The third-order valence-electron chi connectivity index (χ3n) is 4.75. The molecule has 1 saturated heterocycles. The molecule has 1 fully saturated rings. The Hall–Kier alpha value is -2.73. The van der Waals surface area contributed by atoms with Crippen molar-refractivity contribution in [2.45, 2.75) is 13.5 Å². The number of amides is 1. The fourth-order valence-electron chi connectivity index (χ4n) is 3.08. The van der Waals surface area contributed by atoms with Gasteiger partial charge >= 0.3 is 0 Å². The van der Waals surface area contributed by atoms with E-state index in [2.05, 4.69) is 22.6 Å². The van der Waals surface area contributed by atoms with Gasteiger partial charge in [0, 0.05) is 25.7 Å². The topological polar surface area (TPSA) is 85.2 Å². The molecule has 0 N–H and O–H groups in total. The zero-order valence-electron chi connectivity index (χ0n) is 17.1. The van der Waals surface area contributed by atoms with Crippen molar-refractivity contribution in [2.24, 2.45) is 0 Å². The standard InChI is InChI=1S/C21H20IN3O5S/c1-4-24-20(26)17(23(2)21(24)31)10-14-9-16(22)19(18(11-14)29-3)30-12-13-5-7-15(8-6-13)25(27)28/h5-11H,4,12H2,1-3H3/b17-10-. The highest BCUT2D eigenvalue weighted by Crippen LogP contribution is 2.36. The number of nitro benzene ring substituents is 1. The number of benzene rings is 2. The summed E-state index contributed by atoms with van der Waals surface area (Å²) in [5.41, 5.74) is 2.09. The second-order valence-corrected chi connectivity index (χ2v) is 8.19. The molecule has 3 rings (SSSR count). The first-order chi connectivity index (χ1) is 14.8. The molecule has 2 aromatic carbocycles. The van der Waals surface area contributed by atoms with E-state index in [1.165, 1.54) is 12.1 Å². The minimum Gasteiger partial charge on any atom is -0.493 e. The quantitative estimate of drug-likeness (QED) is 0.167. The van der Waals surface area contributed by atoms with Gasteiger partial charge in [0.25, 0.3) is 11.6 Å². The number of nitrogens with zero attached hydrogens (tertiary/aromatic N) is 3. The van der Waals surface area contributed by atoms with Crippen LogP contribution in [0.15, 0.2) is 42.1 Å². The summed E-state index contributed by atoms with van der Waals surface area (Å²) in [4.78, 5) is 26.2. The van der Waals surface area contributed by atoms with Crippen molar-refractivity contribution in [3.05, 3.63) is 66.9 Å². The number of carbonyl (C=O) groups excluding carboxylic acids is 1. The van der Waals surface area contributed by atoms with Gasteiger partial charge in [-0.3, -0.25) is 19.8 Å². The highest BCUT2D eigenvalue weighted by atomic mass is 127. The number of halogens is 1. The Morgan fingerprint density at radius 2 is 1.94 bits per heavy atom. The number of thiocarbonyl (C=S) groups is 1. The third kappa shape index (κ3) is 4.79. The van der Waals surface area contributed by atoms with Crippen molar-refractivity contribution in [2.75, 3.05) is 20.7 Å². The van der Waals surface area contributed by atoms with Crippen molar-refractivity contribution in [1.82, 2.24) is 9.80 Å². The summed E-state index contributed by atoms with van der Waals surface area (Å²) in [7, 11) is 3.31. The van der Waals surface area contributed by atoms with Gasteiger partial charge in [-0.2, -0.15) is 0 Å². The van der Waals surface area contributed by atoms with Crippen molar-refractivity contribution in [1.29, 1.82) is 0 Å². The summed E-state index contributed by atoms with van der Waals surface area (Å²) < 4.78 is 12.2. The van der Waals surface area contributed by atoms with Gasteiger partial charge in [0.1, 0.15) is 12.3 Å². The zero-order valence-corrected chi connectivity index (χ0v) is 20.1. The summed E-state index contributed by atoms with van der Waals surface area (Å²) in [6.07, 6.45) is 1.77. The molecule has 1 amide bonds. The van der Waals surface area contributed by atoms with E-state index in [0.717, 1.165) is 14.7 Å². The van der Waals surface area contributed by atoms with E-state index < -0.39 is 4.92 Å². The molecular formula is C21H20IN3O5S. The van der Waals surface area contributed by atoms with Gasteiger partial charge in [0.2, 0.25) is 0 Å². The van der Waals surface area contributed by atoms with E-state index in [9.17, 15) is 14.9 Å². The van der Waals surface area contributed by atoms with Gasteiger partial charge in [-0.05, 0) is 83.2 Å². The lowest BCUT2D eigenvalue weighted by Crippen LogP contribution is -2.30. The largest absolute Gasteiger partial charge is 0.493 e. The van der Waals surface area contributed by atoms with Crippen molar-refractivity contribution in [3.8, 4) is 11.5 Å². The van der Waals surface area contributed by atoms with E-state index in [4.69, 9.17) is 21.7 Å². The van der Waals surface area contributed by atoms with Crippen molar-refractivity contribution in [3.63, 3.8) is 0 Å². The lowest BCUT2D eigenvalue weighted by atomic mass is 10.1. The Morgan fingerprint density at radius 3 is 2.48 bits per heavy atom. The number of likely N-dealkylation sites (N-methyl/N-ethyl adjacent to an activating group) is 2. The van der Waals surface area contributed by atoms with Crippen molar-refractivity contribution >= 4 is 57.6 Å². The molecule has 1 aliphatic rings. The fourth-order valence-corrected chi connectivity index (χ4v) is 4.17. The van der Waals surface area contributed by atoms with Gasteiger partial charge in [0.05, 0.1) is 15.6 Å². The summed E-state index contributed by atoms with van der Waals surface area (Å²) in [6, 6.07) is 9.87. The second-order valence-electron chi connectivity index (χ2n) is 6.67. The molecule has 2 aromatic rings. The van der Waals surface area contributed by atoms with E-state index in [-0.39, 0.29) is 18.2 Å². The molecular weight excluding hydrogens is 533 g/mol. The van der Waals surface area contributed by atoms with Gasteiger partial charge in [0.15, 0.2) is 16.6 Å². The van der Waals surface area contributed by atoms with Crippen LogP contribution in [0, 0.1) is 13.7 Å². The number of rotatable bonds is 7. The molecule has 31 heavy (non-hydrogen) atoms. The predicted molar refractivity (Wildman–Crippen MR) is 129 cm³/mol. The van der Waals surface area contributed by atoms with Crippen LogP contribution in [0.5, 0.6) is 11.5 Å². The molecule has 10 heteroatoms. The summed E-state index contributed by atoms with van der Waals surface area (Å²) in [5.74, 6) is 0.937. The third-order valence-corrected chi connectivity index (χ3v) is 6.04. The lowest BCUT2D eigenvalue weighted by Gasteiger charge is -2.15. The van der Waals surface area contributed by atoms with E-state index in [1.54, 1.807) is 48.2 Å². The second kappa shape index (κ2) is 9.60. The fraction of sp³-hybridized carbons (Fsp3) is 0.238. The maximum Gasteiger partial charge on any atom is 0.276 e. The molecule has 0 aromatic heterocycles. The first-order valence-electron chi connectivity index (χ1n) is 9.31. The SMILES string of the molecule is CCN1C(=O)/C(=C/c2cc(I)c(OCc3ccc([N+](=O)[O-])cc3)c(OC)c2)N(C)C1=S. The first-order valence-corrected chi connectivity index (χ1v) is 10.8. The predicted octanol–water partition coefficient (Wildman–Crippen LogP) is 4.21. The molecule has 1 aliphatic heterocycles. The van der Waals surface area contributed by atoms with E-state index in [0.29, 0.717) is 28.9 Å². The smallest absolute Gasteiger partial charge is 0.276 e. The monoisotopic (exact) mass is 553 g/mol. The highest BCUT2D eigenvalue weighted by Gasteiger charge is 2.34. The van der Waals surface area contributed by atoms with Crippen LogP contribution in [0.1, 0.15) is 18.1 Å². The minimum absolute atomic E-state index is 0.0286. The summed E-state index contributed by atoms with van der Waals surface area (Å²) in [5, 5.41) is 11.3. The number of carbonyl (C=O) groups is 1. The van der Waals surface area contributed by atoms with Crippen LogP contribution in [0.25, 0.3) is 6.08 Å². The Kier molecular flexibility index (Phi) is 7.11. The number of non-ortho nitro benzene ring substituents is 1. The Balaban J connectivity index is 1.84. The number of nitro groups is 1. The molecule has 0 unspecified atom stereocenters. The summed E-state index contributed by atoms with van der Waals surface area (Å²) in [6.45, 7) is 2.62. The van der Waals surface area contributed by atoms with Crippen molar-refractivity contribution < 1.29 is 19.2 Å². The summed E-state index contributed by atoms with van der Waals surface area (Å²) >= 11 is 7.48. The van der Waals surface area contributed by atoms with Crippen LogP contribution >= 0.6 is 34.8 Å². The number of methoxy groups -OCH3 is 1. The Morgan fingerprint density at radius 1 is 1.26 bits per heavy atom. The lowest BCUT2D eigenvalue weighted by molar-refractivity contribution is -0.384. The number of ether oxygens (including phenoxy) is 2. The molecule has 0 atom stereocenters. The van der Waals surface area contributed by atoms with E-state index in [1.807, 2.05) is 13.0 Å². The molecule has 8 nitrogen and oxygen atoms in total. The molecule has 0 spiro atoms. The molecule has 1 heterocycles. The normalized spacial score (nSPS) is 15.0. The Labute approximate surface area is 198 Å². The van der Waals surface area contributed by atoms with Gasteiger partial charge in [-0.15, -0.1) is 0 Å². The zero-order chi connectivity index (χ0) is 22.7. The Bertz CT molecular complexity index is 1070. The average molecular weight is 553 g/mol. The van der Waals surface area contributed by atoms with Crippen LogP contribution in [0.3, 0.4) is 0 Å². The number of hydrogen-bond acceptors (Lipinski definition) is 6. The van der Waals surface area contributed by atoms with Crippen LogP contribution in [0.2, 0.25) is 0 Å². The van der Waals surface area contributed by atoms with Gasteiger partial charge in [-0.1, -0.05) is 0 Å². The molecule has 0 radical (unpaired) electrons. The van der Waals surface area contributed by atoms with Crippen LogP contribution < -0.4 is 9.47 Å². The van der Waals surface area contributed by atoms with Crippen LogP contribution in [-0.2, 0) is 11.4 Å². The minimum atomic E-state index is -0.442. The maximum atomic E-state index is 12.6. The van der Waals surface area contributed by atoms with Gasteiger partial charge < -0.3 is 14.4 Å². The molecule has 162 valence electrons. The molecule has 0 saturated carbocycles.